The number of alkyl halides is 1. The van der Waals surface area contributed by atoms with Gasteiger partial charge in [-0.3, -0.25) is 0 Å². The van der Waals surface area contributed by atoms with Crippen molar-refractivity contribution in [2.75, 3.05) is 18.0 Å². The Morgan fingerprint density at radius 2 is 1.84 bits per heavy atom. The zero-order valence-electron chi connectivity index (χ0n) is 11.6. The Morgan fingerprint density at radius 3 is 2.37 bits per heavy atom. The first-order chi connectivity index (χ1) is 9.15. The van der Waals surface area contributed by atoms with Crippen LogP contribution >= 0.6 is 23.2 Å². The van der Waals surface area contributed by atoms with Crippen LogP contribution in [0.5, 0.6) is 0 Å². The van der Waals surface area contributed by atoms with Gasteiger partial charge in [-0.05, 0) is 18.3 Å². The van der Waals surface area contributed by atoms with Crippen LogP contribution in [0.25, 0.3) is 0 Å². The van der Waals surface area contributed by atoms with Gasteiger partial charge in [0.05, 0.1) is 5.88 Å². The lowest BCUT2D eigenvalue weighted by atomic mass is 9.74. The van der Waals surface area contributed by atoms with E-state index in [1.54, 1.807) is 0 Å². The third kappa shape index (κ3) is 2.97. The van der Waals surface area contributed by atoms with Gasteiger partial charge in [-0.15, -0.1) is 11.6 Å². The van der Waals surface area contributed by atoms with E-state index >= 15 is 0 Å². The van der Waals surface area contributed by atoms with Crippen LogP contribution in [0.15, 0.2) is 6.33 Å². The first-order valence-electron chi connectivity index (χ1n) is 6.96. The van der Waals surface area contributed by atoms with Crippen LogP contribution in [0.4, 0.5) is 5.82 Å². The molecule has 106 valence electrons. The fourth-order valence-electron chi connectivity index (χ4n) is 2.92. The third-order valence-corrected chi connectivity index (χ3v) is 5.22. The quantitative estimate of drug-likeness (QED) is 0.614. The lowest BCUT2D eigenvalue weighted by molar-refractivity contribution is 0.199. The molecule has 5 heteroatoms. The Bertz CT molecular complexity index is 423. The molecule has 0 spiro atoms. The number of hydrogen-bond acceptors (Lipinski definition) is 3. The molecule has 3 nitrogen and oxygen atoms in total. The molecule has 1 fully saturated rings. The maximum Gasteiger partial charge on any atom is 0.138 e. The van der Waals surface area contributed by atoms with Gasteiger partial charge in [0.15, 0.2) is 0 Å². The second-order valence-electron chi connectivity index (χ2n) is 5.29. The van der Waals surface area contributed by atoms with E-state index in [1.807, 2.05) is 0 Å². The molecular formula is C14H21Cl2N3. The smallest absolute Gasteiger partial charge is 0.138 e. The highest BCUT2D eigenvalue weighted by Gasteiger charge is 2.32. The van der Waals surface area contributed by atoms with Crippen molar-refractivity contribution >= 4 is 29.0 Å². The Kier molecular flexibility index (Phi) is 4.91. The molecule has 0 N–H and O–H groups in total. The van der Waals surface area contributed by atoms with E-state index in [-0.39, 0.29) is 0 Å². The Morgan fingerprint density at radius 1 is 1.21 bits per heavy atom. The highest BCUT2D eigenvalue weighted by atomic mass is 35.5. The normalized spacial score (nSPS) is 18.6. The second kappa shape index (κ2) is 6.27. The number of rotatable bonds is 4. The maximum atomic E-state index is 6.10. The van der Waals surface area contributed by atoms with E-state index in [9.17, 15) is 0 Å². The van der Waals surface area contributed by atoms with E-state index in [2.05, 4.69) is 28.7 Å². The standard InChI is InChI=1S/C14H21Cl2N3/c1-3-14(4-2)5-7-19(8-6-14)13-11(9-15)12(16)17-10-18-13/h10H,3-9H2,1-2H3. The lowest BCUT2D eigenvalue weighted by Gasteiger charge is -2.41. The predicted octanol–water partition coefficient (Wildman–Crippen LogP) is 4.28. The molecule has 1 saturated heterocycles. The number of nitrogens with zero attached hydrogens (tertiary/aromatic N) is 3. The largest absolute Gasteiger partial charge is 0.356 e. The number of piperidine rings is 1. The summed E-state index contributed by atoms with van der Waals surface area (Å²) in [6.45, 7) is 6.65. The molecule has 0 saturated carbocycles. The topological polar surface area (TPSA) is 29.0 Å². The van der Waals surface area contributed by atoms with Crippen molar-refractivity contribution in [2.45, 2.75) is 45.4 Å². The summed E-state index contributed by atoms with van der Waals surface area (Å²) < 4.78 is 0. The Balaban J connectivity index is 2.16. The van der Waals surface area contributed by atoms with E-state index in [1.165, 1.54) is 32.0 Å². The van der Waals surface area contributed by atoms with Crippen molar-refractivity contribution in [3.63, 3.8) is 0 Å². The molecular weight excluding hydrogens is 281 g/mol. The van der Waals surface area contributed by atoms with Crippen molar-refractivity contribution in [3.8, 4) is 0 Å². The first-order valence-corrected chi connectivity index (χ1v) is 7.87. The van der Waals surface area contributed by atoms with Crippen LogP contribution in [-0.4, -0.2) is 23.1 Å². The number of aromatic nitrogens is 2. The Labute approximate surface area is 125 Å². The second-order valence-corrected chi connectivity index (χ2v) is 5.92. The summed E-state index contributed by atoms with van der Waals surface area (Å²) in [4.78, 5) is 10.7. The summed E-state index contributed by atoms with van der Waals surface area (Å²) in [5.41, 5.74) is 1.36. The minimum absolute atomic E-state index is 0.359. The van der Waals surface area contributed by atoms with E-state index in [4.69, 9.17) is 23.2 Å². The monoisotopic (exact) mass is 301 g/mol. The fraction of sp³-hybridized carbons (Fsp3) is 0.714. The number of halogens is 2. The molecule has 1 aliphatic heterocycles. The number of hydrogen-bond donors (Lipinski definition) is 0. The molecule has 0 radical (unpaired) electrons. The van der Waals surface area contributed by atoms with Crippen molar-refractivity contribution in [2.24, 2.45) is 5.41 Å². The van der Waals surface area contributed by atoms with E-state index in [0.717, 1.165) is 24.5 Å². The average Bonchev–Trinajstić information content (AvgIpc) is 2.47. The minimum Gasteiger partial charge on any atom is -0.356 e. The van der Waals surface area contributed by atoms with Crippen molar-refractivity contribution < 1.29 is 0 Å². The zero-order valence-corrected chi connectivity index (χ0v) is 13.1. The maximum absolute atomic E-state index is 6.10. The van der Waals surface area contributed by atoms with E-state index in [0.29, 0.717) is 16.4 Å². The minimum atomic E-state index is 0.359. The van der Waals surface area contributed by atoms with E-state index < -0.39 is 0 Å². The number of anilines is 1. The van der Waals surface area contributed by atoms with Gasteiger partial charge in [-0.25, -0.2) is 9.97 Å². The van der Waals surface area contributed by atoms with Crippen LogP contribution in [0, 0.1) is 5.41 Å². The molecule has 19 heavy (non-hydrogen) atoms. The Hall–Kier alpha value is -0.540. The molecule has 0 bridgehead atoms. The summed E-state index contributed by atoms with van der Waals surface area (Å²) in [6.07, 6.45) is 6.45. The summed E-state index contributed by atoms with van der Waals surface area (Å²) in [7, 11) is 0. The van der Waals surface area contributed by atoms with Gasteiger partial charge >= 0.3 is 0 Å². The van der Waals surface area contributed by atoms with Gasteiger partial charge in [-0.2, -0.15) is 0 Å². The first kappa shape index (κ1) is 14.9. The van der Waals surface area contributed by atoms with Gasteiger partial charge in [0.2, 0.25) is 0 Å². The summed E-state index contributed by atoms with van der Waals surface area (Å²) in [5, 5.41) is 0.475. The molecule has 1 aromatic heterocycles. The van der Waals surface area contributed by atoms with Crippen LogP contribution in [0.1, 0.15) is 45.1 Å². The molecule has 2 rings (SSSR count). The lowest BCUT2D eigenvalue weighted by Crippen LogP contribution is -2.40. The van der Waals surface area contributed by atoms with Gasteiger partial charge in [0, 0.05) is 18.7 Å². The molecule has 1 aromatic rings. The van der Waals surface area contributed by atoms with Gasteiger partial charge in [-0.1, -0.05) is 38.3 Å². The molecule has 1 aliphatic rings. The average molecular weight is 302 g/mol. The SMILES string of the molecule is CCC1(CC)CCN(c2ncnc(Cl)c2CCl)CC1. The van der Waals surface area contributed by atoms with Crippen molar-refractivity contribution in [1.29, 1.82) is 0 Å². The van der Waals surface area contributed by atoms with Crippen LogP contribution in [0.3, 0.4) is 0 Å². The zero-order chi connectivity index (χ0) is 13.9. The fourth-order valence-corrected chi connectivity index (χ4v) is 3.43. The van der Waals surface area contributed by atoms with Gasteiger partial charge in [0.25, 0.3) is 0 Å². The molecule has 0 aromatic carbocycles. The molecule has 2 heterocycles. The van der Waals surface area contributed by atoms with Gasteiger partial charge < -0.3 is 4.90 Å². The summed E-state index contributed by atoms with van der Waals surface area (Å²) in [6, 6.07) is 0. The summed E-state index contributed by atoms with van der Waals surface area (Å²) >= 11 is 12.1. The highest BCUT2D eigenvalue weighted by molar-refractivity contribution is 6.31. The van der Waals surface area contributed by atoms with Crippen LogP contribution in [0.2, 0.25) is 5.15 Å². The molecule has 0 unspecified atom stereocenters. The van der Waals surface area contributed by atoms with Crippen molar-refractivity contribution in [1.82, 2.24) is 9.97 Å². The molecule has 0 amide bonds. The summed E-state index contributed by atoms with van der Waals surface area (Å²) in [5.74, 6) is 1.27. The molecule has 0 aliphatic carbocycles. The third-order valence-electron chi connectivity index (χ3n) is 4.63. The van der Waals surface area contributed by atoms with Crippen molar-refractivity contribution in [3.05, 3.63) is 17.0 Å². The highest BCUT2D eigenvalue weighted by Crippen LogP contribution is 2.39. The van der Waals surface area contributed by atoms with Crippen LogP contribution < -0.4 is 4.90 Å². The predicted molar refractivity (Wildman–Crippen MR) is 81.1 cm³/mol. The van der Waals surface area contributed by atoms with Crippen LogP contribution in [-0.2, 0) is 5.88 Å². The molecule has 0 atom stereocenters. The van der Waals surface area contributed by atoms with Gasteiger partial charge in [0.1, 0.15) is 17.3 Å².